The average molecular weight is 660 g/mol. The minimum atomic E-state index is -5.19. The Hall–Kier alpha value is -6.04. The number of aliphatic carboxylic acids is 2. The van der Waals surface area contributed by atoms with E-state index in [-0.39, 0.29) is 31.3 Å². The number of guanidine groups is 1. The van der Waals surface area contributed by atoms with Gasteiger partial charge < -0.3 is 30.4 Å². The molecule has 1 aliphatic heterocycles. The van der Waals surface area contributed by atoms with Crippen molar-refractivity contribution in [2.75, 3.05) is 11.9 Å². The first-order chi connectivity index (χ1) is 22.3. The first-order valence-electron chi connectivity index (χ1n) is 13.6. The Labute approximate surface area is 263 Å². The van der Waals surface area contributed by atoms with Crippen molar-refractivity contribution in [3.8, 4) is 11.1 Å². The maximum Gasteiger partial charge on any atom is 0.430 e. The molecule has 2 amide bonds. The molecule has 0 aliphatic carbocycles. The third-order valence-electron chi connectivity index (χ3n) is 5.96. The molecular formula is C29H28F3N7O8. The van der Waals surface area contributed by atoms with Crippen LogP contribution in [0.15, 0.2) is 89.0 Å². The fourth-order valence-electron chi connectivity index (χ4n) is 3.75. The number of carbonyl (C=O) groups is 4. The number of alkyl carbamates (subject to hydrolysis) is 1. The number of carboxylic acid groups (broad SMARTS) is 2. The molecule has 15 nitrogen and oxygen atoms in total. The van der Waals surface area contributed by atoms with E-state index in [0.29, 0.717) is 17.1 Å². The fourth-order valence-corrected chi connectivity index (χ4v) is 3.75. The van der Waals surface area contributed by atoms with Gasteiger partial charge in [0.05, 0.1) is 12.7 Å². The lowest BCUT2D eigenvalue weighted by atomic mass is 10.1. The molecule has 248 valence electrons. The average Bonchev–Trinajstić information content (AvgIpc) is 3.54. The van der Waals surface area contributed by atoms with E-state index in [4.69, 9.17) is 14.6 Å². The van der Waals surface area contributed by atoms with E-state index in [2.05, 4.69) is 25.9 Å². The number of anilines is 1. The molecule has 18 heteroatoms. The molecule has 6 N–H and O–H groups in total. The number of benzene rings is 2. The Morgan fingerprint density at radius 1 is 1.04 bits per heavy atom. The molecular weight excluding hydrogens is 631 g/mol. The van der Waals surface area contributed by atoms with Gasteiger partial charge in [-0.2, -0.15) is 23.1 Å². The number of nitrogens with two attached hydrogens (primary N) is 1. The molecule has 0 fully saturated rings. The summed E-state index contributed by atoms with van der Waals surface area (Å²) in [5, 5.41) is 28.1. The Balaban J connectivity index is 0.000000771. The molecule has 47 heavy (non-hydrogen) atoms. The van der Waals surface area contributed by atoms with E-state index in [1.807, 2.05) is 12.1 Å². The summed E-state index contributed by atoms with van der Waals surface area (Å²) in [6.45, 7) is -0.257. The summed E-state index contributed by atoms with van der Waals surface area (Å²) in [6, 6.07) is 16.5. The molecule has 4 rings (SSSR count). The number of carboxylic acids is 2. The van der Waals surface area contributed by atoms with Gasteiger partial charge in [-0.15, -0.1) is 0 Å². The minimum absolute atomic E-state index is 0.0414. The Bertz CT molecular complexity index is 1680. The number of nitrogens with one attached hydrogen (secondary N) is 3. The van der Waals surface area contributed by atoms with E-state index in [9.17, 15) is 37.5 Å². The lowest BCUT2D eigenvalue weighted by Gasteiger charge is -2.18. The number of rotatable bonds is 11. The number of ether oxygens (including phenoxy) is 1. The summed E-state index contributed by atoms with van der Waals surface area (Å²) >= 11 is 0. The lowest BCUT2D eigenvalue weighted by Crippen LogP contribution is -2.85. The molecule has 1 aromatic heterocycles. The van der Waals surface area contributed by atoms with E-state index in [0.717, 1.165) is 10.1 Å². The number of amides is 2. The summed E-state index contributed by atoms with van der Waals surface area (Å²) in [4.78, 5) is 66.1. The maximum absolute atomic E-state index is 12.9. The van der Waals surface area contributed by atoms with Crippen molar-refractivity contribution in [1.82, 2.24) is 20.2 Å². The molecule has 3 aromatic rings. The van der Waals surface area contributed by atoms with Crippen molar-refractivity contribution in [1.29, 1.82) is 0 Å². The number of halogens is 3. The van der Waals surface area contributed by atoms with Crippen molar-refractivity contribution in [2.24, 2.45) is 4.99 Å². The maximum atomic E-state index is 12.9. The van der Waals surface area contributed by atoms with Crippen molar-refractivity contribution in [3.05, 3.63) is 95.3 Å². The second-order valence-electron chi connectivity index (χ2n) is 9.43. The van der Waals surface area contributed by atoms with Gasteiger partial charge in [0.25, 0.3) is 0 Å². The molecule has 1 atom stereocenters. The van der Waals surface area contributed by atoms with Gasteiger partial charge in [-0.05, 0) is 11.1 Å². The number of aliphatic imine (C=N–C) groups is 1. The Morgan fingerprint density at radius 3 is 2.26 bits per heavy atom. The Morgan fingerprint density at radius 2 is 1.68 bits per heavy atom. The minimum Gasteiger partial charge on any atom is -0.542 e. The normalized spacial score (nSPS) is 12.5. The third-order valence-corrected chi connectivity index (χ3v) is 5.96. The second-order valence-corrected chi connectivity index (χ2v) is 9.43. The highest BCUT2D eigenvalue weighted by Crippen LogP contribution is 2.25. The van der Waals surface area contributed by atoms with E-state index in [1.165, 1.54) is 6.20 Å². The van der Waals surface area contributed by atoms with Gasteiger partial charge in [0.1, 0.15) is 30.6 Å². The lowest BCUT2D eigenvalue weighted by molar-refractivity contribution is -0.461. The Kier molecular flexibility index (Phi) is 12.7. The standard InChI is InChI=1S/C27H27N7O6.C2HF3O2/c35-22(32-25-29-13-14-30-25)11-12-28-23-20(19-9-5-2-6-10-19)15-34(26(38)33-23)16-21(24(36)37)31-27(39)40-17-18-7-3-1-4-8-18;3-2(4,5)1(6)7/h1-10,13-15,21H,11-12,16-17H2,(H,31,39)(H,36,37)(H,28,33,38)(H2,29,30,32,35);(H,6,7)/t21-;/m0./s1. The zero-order valence-electron chi connectivity index (χ0n) is 24.3. The topological polar surface area (TPSA) is 221 Å². The van der Waals surface area contributed by atoms with Crippen molar-refractivity contribution < 1.29 is 52.6 Å². The zero-order valence-corrected chi connectivity index (χ0v) is 24.3. The van der Waals surface area contributed by atoms with E-state index < -0.39 is 42.5 Å². The molecule has 0 unspecified atom stereocenters. The second kappa shape index (κ2) is 16.9. The quantitative estimate of drug-likeness (QED) is 0.184. The molecule has 1 aliphatic rings. The molecule has 0 bridgehead atoms. The smallest absolute Gasteiger partial charge is 0.430 e. The number of hydrogen-bond acceptors (Lipinski definition) is 10. The van der Waals surface area contributed by atoms with Crippen LogP contribution in [0, 0.1) is 0 Å². The van der Waals surface area contributed by atoms with Crippen LogP contribution in [-0.4, -0.2) is 63.3 Å². The highest BCUT2D eigenvalue weighted by atomic mass is 19.4. The van der Waals surface area contributed by atoms with Gasteiger partial charge in [0.2, 0.25) is 5.91 Å². The summed E-state index contributed by atoms with van der Waals surface area (Å²) in [6.07, 6.45) is -1.31. The number of nitrogens with zero attached hydrogens (tertiary/aromatic N) is 3. The van der Waals surface area contributed by atoms with E-state index >= 15 is 0 Å². The first-order valence-corrected chi connectivity index (χ1v) is 13.6. The van der Waals surface area contributed by atoms with Crippen molar-refractivity contribution in [3.63, 3.8) is 0 Å². The van der Waals surface area contributed by atoms with Crippen LogP contribution in [0.3, 0.4) is 0 Å². The zero-order chi connectivity index (χ0) is 34.4. The van der Waals surface area contributed by atoms with Crippen LogP contribution in [0.5, 0.6) is 0 Å². The highest BCUT2D eigenvalue weighted by molar-refractivity contribution is 5.93. The van der Waals surface area contributed by atoms with Crippen LogP contribution < -0.4 is 32.1 Å². The summed E-state index contributed by atoms with van der Waals surface area (Å²) in [5.41, 5.74) is 1.21. The summed E-state index contributed by atoms with van der Waals surface area (Å²) < 4.78 is 37.8. The number of carbonyl (C=O) groups excluding carboxylic acids is 3. The third kappa shape index (κ3) is 11.8. The van der Waals surface area contributed by atoms with Gasteiger partial charge in [-0.1, -0.05) is 60.7 Å². The molecule has 2 aromatic carbocycles. The number of alkyl halides is 3. The van der Waals surface area contributed by atoms with Crippen LogP contribution in [0.2, 0.25) is 0 Å². The SMILES string of the molecule is O=C(CCNc1nc(=O)n(C[C@H](NC(=O)OCc2ccccc2)C(=O)O)cc1-c1ccccc1)NC1=NC=C[NH2+]1.O=C([O-])C(F)(F)F. The summed E-state index contributed by atoms with van der Waals surface area (Å²) in [7, 11) is 0. The van der Waals surface area contributed by atoms with Crippen LogP contribution in [0.4, 0.5) is 23.8 Å². The van der Waals surface area contributed by atoms with Gasteiger partial charge in [-0.25, -0.2) is 14.4 Å². The highest BCUT2D eigenvalue weighted by Gasteiger charge is 2.29. The predicted octanol–water partition coefficient (Wildman–Crippen LogP) is -0.0891. The molecule has 0 saturated heterocycles. The van der Waals surface area contributed by atoms with Gasteiger partial charge in [0, 0.05) is 24.7 Å². The van der Waals surface area contributed by atoms with E-state index in [1.54, 1.807) is 66.2 Å². The number of hydrogen-bond donors (Lipinski definition) is 5. The van der Waals surface area contributed by atoms with Crippen molar-refractivity contribution in [2.45, 2.75) is 31.8 Å². The van der Waals surface area contributed by atoms with Gasteiger partial charge in [-0.3, -0.25) is 20.0 Å². The largest absolute Gasteiger partial charge is 0.542 e. The van der Waals surface area contributed by atoms with Gasteiger partial charge in [0.15, 0.2) is 0 Å². The molecule has 0 saturated carbocycles. The number of aromatic nitrogens is 2. The monoisotopic (exact) mass is 659 g/mol. The first kappa shape index (κ1) is 35.4. The van der Waals surface area contributed by atoms with Crippen LogP contribution in [-0.2, 0) is 32.3 Å². The van der Waals surface area contributed by atoms with Crippen molar-refractivity contribution >= 4 is 35.7 Å². The van der Waals surface area contributed by atoms with Crippen LogP contribution in [0.1, 0.15) is 12.0 Å². The van der Waals surface area contributed by atoms with Crippen LogP contribution in [0.25, 0.3) is 11.1 Å². The molecule has 0 spiro atoms. The van der Waals surface area contributed by atoms with Crippen LogP contribution >= 0.6 is 0 Å². The van der Waals surface area contributed by atoms with Gasteiger partial charge >= 0.3 is 29.9 Å². The molecule has 2 heterocycles. The predicted molar refractivity (Wildman–Crippen MR) is 156 cm³/mol. The fraction of sp³-hybridized carbons (Fsp3) is 0.207. The number of quaternary nitrogens is 1. The molecule has 0 radical (unpaired) electrons. The summed E-state index contributed by atoms with van der Waals surface area (Å²) in [5.74, 6) is -3.95.